The minimum Gasteiger partial charge on any atom is -0.481 e. The predicted octanol–water partition coefficient (Wildman–Crippen LogP) is -2.23. The highest BCUT2D eigenvalue weighted by Crippen LogP contribution is 2.06. The Balaban J connectivity index is 5.35. The maximum atomic E-state index is 12.5. The van der Waals surface area contributed by atoms with Crippen molar-refractivity contribution in [2.75, 3.05) is 0 Å². The van der Waals surface area contributed by atoms with E-state index in [1.807, 2.05) is 6.92 Å². The predicted molar refractivity (Wildman–Crippen MR) is 100 cm³/mol. The highest BCUT2D eigenvalue weighted by atomic mass is 16.4. The first-order valence-electron chi connectivity index (χ1n) is 9.11. The number of amides is 3. The van der Waals surface area contributed by atoms with Crippen LogP contribution in [0.3, 0.4) is 0 Å². The second-order valence-corrected chi connectivity index (χ2v) is 6.87. The molecule has 0 aromatic heterocycles. The number of aliphatic carboxylic acids is 2. The Hall–Kier alpha value is -2.73. The highest BCUT2D eigenvalue weighted by Gasteiger charge is 2.33. The number of aliphatic hydroxyl groups is 1. The fourth-order valence-electron chi connectivity index (χ4n) is 2.19. The first-order valence-corrected chi connectivity index (χ1v) is 9.11. The van der Waals surface area contributed by atoms with Crippen LogP contribution in [0.4, 0.5) is 0 Å². The average molecular weight is 418 g/mol. The van der Waals surface area contributed by atoms with Gasteiger partial charge in [0.15, 0.2) is 0 Å². The number of hydrogen-bond acceptors (Lipinski definition) is 7. The van der Waals surface area contributed by atoms with Crippen LogP contribution in [0.1, 0.15) is 40.5 Å². The van der Waals surface area contributed by atoms with Crippen molar-refractivity contribution in [3.63, 3.8) is 0 Å². The van der Waals surface area contributed by atoms with Crippen molar-refractivity contribution >= 4 is 29.7 Å². The SMILES string of the molecule is CCC(C)C(N)C(=O)NC(CC(=O)O)C(=O)NC(C(=O)NC(C)C(=O)O)C(C)O. The largest absolute Gasteiger partial charge is 0.481 e. The number of nitrogens with two attached hydrogens (primary N) is 1. The number of carboxylic acids is 2. The van der Waals surface area contributed by atoms with E-state index in [-0.39, 0.29) is 5.92 Å². The molecule has 8 N–H and O–H groups in total. The van der Waals surface area contributed by atoms with Crippen LogP contribution in [0.2, 0.25) is 0 Å². The van der Waals surface area contributed by atoms with E-state index >= 15 is 0 Å². The van der Waals surface area contributed by atoms with Gasteiger partial charge in [-0.05, 0) is 19.8 Å². The van der Waals surface area contributed by atoms with Gasteiger partial charge in [-0.15, -0.1) is 0 Å². The molecule has 0 radical (unpaired) electrons. The Morgan fingerprint density at radius 3 is 1.86 bits per heavy atom. The Bertz CT molecular complexity index is 625. The summed E-state index contributed by atoms with van der Waals surface area (Å²) in [4.78, 5) is 58.8. The molecule has 0 saturated heterocycles. The smallest absolute Gasteiger partial charge is 0.325 e. The molecule has 0 heterocycles. The van der Waals surface area contributed by atoms with E-state index in [9.17, 15) is 29.1 Å². The molecule has 0 aliphatic carbocycles. The molecular weight excluding hydrogens is 388 g/mol. The van der Waals surface area contributed by atoms with Crippen molar-refractivity contribution < 1.29 is 39.3 Å². The monoisotopic (exact) mass is 418 g/mol. The quantitative estimate of drug-likeness (QED) is 0.183. The Morgan fingerprint density at radius 2 is 1.45 bits per heavy atom. The van der Waals surface area contributed by atoms with Crippen LogP contribution >= 0.6 is 0 Å². The molecule has 0 fully saturated rings. The van der Waals surface area contributed by atoms with Crippen molar-refractivity contribution in [2.24, 2.45) is 11.7 Å². The van der Waals surface area contributed by atoms with Crippen LogP contribution in [-0.2, 0) is 24.0 Å². The summed E-state index contributed by atoms with van der Waals surface area (Å²) in [6.45, 7) is 5.89. The van der Waals surface area contributed by atoms with E-state index in [1.54, 1.807) is 6.92 Å². The second kappa shape index (κ2) is 12.0. The summed E-state index contributed by atoms with van der Waals surface area (Å²) < 4.78 is 0. The lowest BCUT2D eigenvalue weighted by molar-refractivity contribution is -0.143. The van der Waals surface area contributed by atoms with Gasteiger partial charge in [0, 0.05) is 0 Å². The number of carbonyl (C=O) groups excluding carboxylic acids is 3. The lowest BCUT2D eigenvalue weighted by Gasteiger charge is -2.26. The zero-order valence-corrected chi connectivity index (χ0v) is 16.8. The lowest BCUT2D eigenvalue weighted by atomic mass is 9.99. The van der Waals surface area contributed by atoms with Crippen LogP contribution < -0.4 is 21.7 Å². The highest BCUT2D eigenvalue weighted by molar-refractivity contribution is 5.95. The van der Waals surface area contributed by atoms with Gasteiger partial charge in [-0.2, -0.15) is 0 Å². The zero-order chi connectivity index (χ0) is 22.9. The van der Waals surface area contributed by atoms with Gasteiger partial charge in [0.1, 0.15) is 18.1 Å². The number of carboxylic acid groups (broad SMARTS) is 2. The minimum absolute atomic E-state index is 0.225. The third-order valence-corrected chi connectivity index (χ3v) is 4.36. The molecule has 0 saturated carbocycles. The minimum atomic E-state index is -1.57. The van der Waals surface area contributed by atoms with Crippen LogP contribution in [0.5, 0.6) is 0 Å². The summed E-state index contributed by atoms with van der Waals surface area (Å²) in [7, 11) is 0. The van der Waals surface area contributed by atoms with Crippen LogP contribution in [0.15, 0.2) is 0 Å². The molecule has 0 aromatic carbocycles. The van der Waals surface area contributed by atoms with E-state index in [0.717, 1.165) is 0 Å². The van der Waals surface area contributed by atoms with Gasteiger partial charge in [-0.3, -0.25) is 24.0 Å². The molecular formula is C17H30N4O8. The van der Waals surface area contributed by atoms with E-state index in [1.165, 1.54) is 13.8 Å². The summed E-state index contributed by atoms with van der Waals surface area (Å²) in [5.41, 5.74) is 5.78. The normalized spacial score (nSPS) is 17.0. The number of carbonyl (C=O) groups is 5. The fraction of sp³-hybridized carbons (Fsp3) is 0.706. The standard InChI is InChI=1S/C17H30N4O8/c1-5-7(2)12(18)15(26)20-10(6-11(23)24)14(25)21-13(9(4)22)16(27)19-8(3)17(28)29/h7-10,12-13,22H,5-6,18H2,1-4H3,(H,19,27)(H,20,26)(H,21,25)(H,23,24)(H,28,29). The zero-order valence-electron chi connectivity index (χ0n) is 16.8. The number of hydrogen-bond donors (Lipinski definition) is 7. The van der Waals surface area contributed by atoms with Gasteiger partial charge >= 0.3 is 11.9 Å². The summed E-state index contributed by atoms with van der Waals surface area (Å²) in [6.07, 6.45) is -1.63. The van der Waals surface area contributed by atoms with E-state index in [4.69, 9.17) is 15.9 Å². The van der Waals surface area contributed by atoms with Crippen molar-refractivity contribution in [3.8, 4) is 0 Å². The molecule has 3 amide bonds. The summed E-state index contributed by atoms with van der Waals surface area (Å²) in [5, 5.41) is 34.1. The van der Waals surface area contributed by atoms with Crippen molar-refractivity contribution in [3.05, 3.63) is 0 Å². The summed E-state index contributed by atoms with van der Waals surface area (Å²) in [6, 6.07) is -5.39. The maximum Gasteiger partial charge on any atom is 0.325 e. The molecule has 0 aromatic rings. The summed E-state index contributed by atoms with van der Waals surface area (Å²) >= 11 is 0. The third-order valence-electron chi connectivity index (χ3n) is 4.36. The van der Waals surface area contributed by atoms with Gasteiger partial charge in [0.2, 0.25) is 17.7 Å². The van der Waals surface area contributed by atoms with Crippen molar-refractivity contribution in [1.29, 1.82) is 0 Å². The number of aliphatic hydroxyl groups excluding tert-OH is 1. The van der Waals surface area contributed by atoms with Crippen molar-refractivity contribution in [1.82, 2.24) is 16.0 Å². The van der Waals surface area contributed by atoms with Gasteiger partial charge in [0.05, 0.1) is 18.6 Å². The van der Waals surface area contributed by atoms with Crippen molar-refractivity contribution in [2.45, 2.75) is 70.8 Å². The molecule has 0 aliphatic rings. The Morgan fingerprint density at radius 1 is 0.897 bits per heavy atom. The first-order chi connectivity index (χ1) is 13.3. The van der Waals surface area contributed by atoms with Crippen LogP contribution in [-0.4, -0.2) is 75.3 Å². The van der Waals surface area contributed by atoms with E-state index < -0.39 is 66.4 Å². The maximum absolute atomic E-state index is 12.5. The molecule has 12 heteroatoms. The molecule has 12 nitrogen and oxygen atoms in total. The third kappa shape index (κ3) is 8.87. The molecule has 6 atom stereocenters. The van der Waals surface area contributed by atoms with E-state index in [0.29, 0.717) is 6.42 Å². The average Bonchev–Trinajstić information content (AvgIpc) is 2.62. The molecule has 6 unspecified atom stereocenters. The molecule has 29 heavy (non-hydrogen) atoms. The fourth-order valence-corrected chi connectivity index (χ4v) is 2.19. The Kier molecular flexibility index (Phi) is 10.8. The second-order valence-electron chi connectivity index (χ2n) is 6.87. The molecule has 0 rings (SSSR count). The number of nitrogens with one attached hydrogen (secondary N) is 3. The molecule has 166 valence electrons. The first kappa shape index (κ1) is 26.3. The topological polar surface area (TPSA) is 208 Å². The number of rotatable bonds is 12. The van der Waals surface area contributed by atoms with Gasteiger partial charge in [-0.1, -0.05) is 20.3 Å². The molecule has 0 aliphatic heterocycles. The van der Waals surface area contributed by atoms with Gasteiger partial charge in [0.25, 0.3) is 0 Å². The lowest BCUT2D eigenvalue weighted by Crippen LogP contribution is -2.60. The van der Waals surface area contributed by atoms with E-state index in [2.05, 4.69) is 16.0 Å². The van der Waals surface area contributed by atoms with Crippen LogP contribution in [0.25, 0.3) is 0 Å². The van der Waals surface area contributed by atoms with Gasteiger partial charge in [-0.25, -0.2) is 0 Å². The Labute approximate surface area is 168 Å². The van der Waals surface area contributed by atoms with Gasteiger partial charge < -0.3 is 37.0 Å². The van der Waals surface area contributed by atoms with Crippen LogP contribution in [0, 0.1) is 5.92 Å². The molecule has 0 spiro atoms. The molecule has 0 bridgehead atoms. The summed E-state index contributed by atoms with van der Waals surface area (Å²) in [5.74, 6) is -5.71.